The molecule has 1 atom stereocenters. The topological polar surface area (TPSA) is 96.3 Å². The van der Waals surface area contributed by atoms with Gasteiger partial charge in [-0.25, -0.2) is 0 Å². The van der Waals surface area contributed by atoms with Gasteiger partial charge >= 0.3 is 0 Å². The van der Waals surface area contributed by atoms with Gasteiger partial charge in [0, 0.05) is 11.8 Å². The molecule has 0 spiro atoms. The standard InChI is InChI=1S/C16H13Cl3N4O3S/c17-16(18,19)14(22-15(27)20-10-6-2-1-3-7-10)21-13(24)11-8-4-5-9-12(11)23(25)26/h1-9,14H,(H,21,24)(H2,20,22,27)/t14-/m1/s1. The van der Waals surface area contributed by atoms with Crippen molar-refractivity contribution < 1.29 is 9.72 Å². The van der Waals surface area contributed by atoms with E-state index in [2.05, 4.69) is 16.0 Å². The highest BCUT2D eigenvalue weighted by atomic mass is 35.6. The normalized spacial score (nSPS) is 12.0. The first-order valence-corrected chi connectivity index (χ1v) is 8.96. The third kappa shape index (κ3) is 6.21. The monoisotopic (exact) mass is 446 g/mol. The molecular weight excluding hydrogens is 435 g/mol. The van der Waals surface area contributed by atoms with Crippen LogP contribution in [0.2, 0.25) is 0 Å². The number of nitrogens with zero attached hydrogens (tertiary/aromatic N) is 1. The van der Waals surface area contributed by atoms with Crippen LogP contribution in [0.1, 0.15) is 10.4 Å². The Morgan fingerprint density at radius 3 is 2.22 bits per heavy atom. The zero-order valence-corrected chi connectivity index (χ0v) is 16.6. The second kappa shape index (κ2) is 9.18. The number of alkyl halides is 3. The number of benzene rings is 2. The number of nitro groups is 1. The van der Waals surface area contributed by atoms with Gasteiger partial charge in [0.05, 0.1) is 4.92 Å². The van der Waals surface area contributed by atoms with E-state index in [-0.39, 0.29) is 16.4 Å². The minimum absolute atomic E-state index is 0.0837. The van der Waals surface area contributed by atoms with E-state index in [1.54, 1.807) is 24.3 Å². The van der Waals surface area contributed by atoms with Crippen LogP contribution in [-0.4, -0.2) is 25.9 Å². The second-order valence-corrected chi connectivity index (χ2v) is 7.96. The summed E-state index contributed by atoms with van der Waals surface area (Å²) in [5, 5.41) is 19.1. The summed E-state index contributed by atoms with van der Waals surface area (Å²) in [5.41, 5.74) is 0.136. The van der Waals surface area contributed by atoms with Gasteiger partial charge in [-0.1, -0.05) is 65.1 Å². The van der Waals surface area contributed by atoms with Crippen molar-refractivity contribution >= 4 is 69.4 Å². The molecule has 3 N–H and O–H groups in total. The Bertz CT molecular complexity index is 846. The fourth-order valence-corrected chi connectivity index (χ4v) is 2.62. The lowest BCUT2D eigenvalue weighted by Gasteiger charge is -2.27. The molecule has 2 aromatic rings. The van der Waals surface area contributed by atoms with Crippen molar-refractivity contribution in [2.45, 2.75) is 9.96 Å². The van der Waals surface area contributed by atoms with Crippen LogP contribution in [0.3, 0.4) is 0 Å². The quantitative estimate of drug-likeness (QED) is 0.211. The number of carbonyl (C=O) groups excluding carboxylic acids is 1. The molecule has 27 heavy (non-hydrogen) atoms. The van der Waals surface area contributed by atoms with Gasteiger partial charge in [-0.05, 0) is 30.4 Å². The highest BCUT2D eigenvalue weighted by Gasteiger charge is 2.35. The van der Waals surface area contributed by atoms with Crippen LogP contribution in [-0.2, 0) is 0 Å². The van der Waals surface area contributed by atoms with Crippen LogP contribution in [0, 0.1) is 10.1 Å². The van der Waals surface area contributed by atoms with Gasteiger partial charge in [-0.15, -0.1) is 0 Å². The Kier molecular flexibility index (Phi) is 7.20. The van der Waals surface area contributed by atoms with Crippen LogP contribution >= 0.6 is 47.0 Å². The number of hydrogen-bond acceptors (Lipinski definition) is 4. The number of amides is 1. The minimum atomic E-state index is -1.98. The average Bonchev–Trinajstić information content (AvgIpc) is 2.61. The minimum Gasteiger partial charge on any atom is -0.339 e. The number of nitro benzene ring substituents is 1. The van der Waals surface area contributed by atoms with Gasteiger partial charge in [0.2, 0.25) is 3.79 Å². The number of anilines is 1. The van der Waals surface area contributed by atoms with E-state index in [0.29, 0.717) is 5.69 Å². The van der Waals surface area contributed by atoms with Crippen molar-refractivity contribution in [1.29, 1.82) is 0 Å². The van der Waals surface area contributed by atoms with Crippen molar-refractivity contribution in [3.63, 3.8) is 0 Å². The fraction of sp³-hybridized carbons (Fsp3) is 0.125. The van der Waals surface area contributed by atoms with E-state index < -0.39 is 20.8 Å². The van der Waals surface area contributed by atoms with E-state index in [1.165, 1.54) is 24.3 Å². The Morgan fingerprint density at radius 1 is 1.04 bits per heavy atom. The van der Waals surface area contributed by atoms with Gasteiger partial charge in [0.1, 0.15) is 11.7 Å². The highest BCUT2D eigenvalue weighted by molar-refractivity contribution is 7.80. The van der Waals surface area contributed by atoms with Crippen molar-refractivity contribution in [2.75, 3.05) is 5.32 Å². The molecule has 0 aromatic heterocycles. The summed E-state index contributed by atoms with van der Waals surface area (Å²) in [5.74, 6) is -0.798. The fourth-order valence-electron chi connectivity index (χ4n) is 2.05. The molecule has 0 aliphatic carbocycles. The molecule has 11 heteroatoms. The first-order valence-electron chi connectivity index (χ1n) is 7.42. The SMILES string of the molecule is O=C(N[C@H](NC(=S)Nc1ccccc1)C(Cl)(Cl)Cl)c1ccccc1[N+](=O)[O-]. The Labute approximate surface area is 175 Å². The summed E-state index contributed by atoms with van der Waals surface area (Å²) in [6.07, 6.45) is -1.25. The third-order valence-corrected chi connectivity index (χ3v) is 4.13. The molecule has 0 radical (unpaired) electrons. The summed E-state index contributed by atoms with van der Waals surface area (Å²) in [4.78, 5) is 22.9. The predicted octanol–water partition coefficient (Wildman–Crippen LogP) is 4.01. The molecule has 0 fully saturated rings. The van der Waals surface area contributed by atoms with Crippen LogP contribution < -0.4 is 16.0 Å². The van der Waals surface area contributed by atoms with Crippen LogP contribution in [0.5, 0.6) is 0 Å². The number of carbonyl (C=O) groups is 1. The third-order valence-electron chi connectivity index (χ3n) is 3.26. The maximum absolute atomic E-state index is 12.5. The van der Waals surface area contributed by atoms with Crippen LogP contribution in [0.15, 0.2) is 54.6 Å². The molecule has 0 saturated heterocycles. The molecule has 142 valence electrons. The maximum Gasteiger partial charge on any atom is 0.282 e. The zero-order chi connectivity index (χ0) is 20.0. The molecule has 2 aromatic carbocycles. The number of rotatable bonds is 5. The molecule has 0 bridgehead atoms. The van der Waals surface area contributed by atoms with E-state index in [0.717, 1.165) is 0 Å². The average molecular weight is 448 g/mol. The zero-order valence-electron chi connectivity index (χ0n) is 13.5. The first kappa shape index (κ1) is 21.2. The molecular formula is C16H13Cl3N4O3S. The van der Waals surface area contributed by atoms with Gasteiger partial charge in [-0.2, -0.15) is 0 Å². The van der Waals surface area contributed by atoms with E-state index in [1.807, 2.05) is 6.07 Å². The molecule has 0 unspecified atom stereocenters. The number of nitrogens with one attached hydrogen (secondary N) is 3. The van der Waals surface area contributed by atoms with Crippen molar-refractivity contribution in [2.24, 2.45) is 0 Å². The Morgan fingerprint density at radius 2 is 1.63 bits per heavy atom. The lowest BCUT2D eigenvalue weighted by molar-refractivity contribution is -0.385. The Balaban J connectivity index is 2.14. The predicted molar refractivity (Wildman–Crippen MR) is 110 cm³/mol. The van der Waals surface area contributed by atoms with E-state index in [4.69, 9.17) is 47.0 Å². The number of thiocarbonyl (C=S) groups is 1. The molecule has 2 rings (SSSR count). The van der Waals surface area contributed by atoms with Gasteiger partial charge < -0.3 is 16.0 Å². The van der Waals surface area contributed by atoms with Crippen LogP contribution in [0.4, 0.5) is 11.4 Å². The maximum atomic E-state index is 12.5. The van der Waals surface area contributed by atoms with Crippen molar-refractivity contribution in [1.82, 2.24) is 10.6 Å². The summed E-state index contributed by atoms with van der Waals surface area (Å²) in [6, 6.07) is 14.4. The summed E-state index contributed by atoms with van der Waals surface area (Å²) in [6.45, 7) is 0. The molecule has 1 amide bonds. The summed E-state index contributed by atoms with van der Waals surface area (Å²) < 4.78 is -1.98. The van der Waals surface area contributed by atoms with Gasteiger partial charge in [0.15, 0.2) is 5.11 Å². The van der Waals surface area contributed by atoms with Gasteiger partial charge in [0.25, 0.3) is 11.6 Å². The summed E-state index contributed by atoms with van der Waals surface area (Å²) in [7, 11) is 0. The van der Waals surface area contributed by atoms with Crippen LogP contribution in [0.25, 0.3) is 0 Å². The van der Waals surface area contributed by atoms with Crippen molar-refractivity contribution in [3.05, 3.63) is 70.3 Å². The Hall–Kier alpha value is -2.13. The van der Waals surface area contributed by atoms with Gasteiger partial charge in [-0.3, -0.25) is 14.9 Å². The highest BCUT2D eigenvalue weighted by Crippen LogP contribution is 2.30. The molecule has 0 heterocycles. The molecule has 0 aliphatic heterocycles. The summed E-state index contributed by atoms with van der Waals surface area (Å²) >= 11 is 22.9. The number of para-hydroxylation sites is 2. The molecule has 0 aliphatic rings. The second-order valence-electron chi connectivity index (χ2n) is 5.19. The smallest absolute Gasteiger partial charge is 0.282 e. The molecule has 7 nitrogen and oxygen atoms in total. The molecule has 0 saturated carbocycles. The number of halogens is 3. The lowest BCUT2D eigenvalue weighted by Crippen LogP contribution is -2.56. The largest absolute Gasteiger partial charge is 0.339 e. The van der Waals surface area contributed by atoms with E-state index in [9.17, 15) is 14.9 Å². The lowest BCUT2D eigenvalue weighted by atomic mass is 10.1. The van der Waals surface area contributed by atoms with E-state index >= 15 is 0 Å². The number of hydrogen-bond donors (Lipinski definition) is 3. The first-order chi connectivity index (χ1) is 12.7. The van der Waals surface area contributed by atoms with Crippen molar-refractivity contribution in [3.8, 4) is 0 Å².